The van der Waals surface area contributed by atoms with Gasteiger partial charge in [0.2, 0.25) is 5.91 Å². The first-order valence-corrected chi connectivity index (χ1v) is 6.00. The van der Waals surface area contributed by atoms with Crippen molar-refractivity contribution in [2.24, 2.45) is 5.73 Å². The number of carbonyl (C=O) groups excluding carboxylic acids is 1. The van der Waals surface area contributed by atoms with Crippen molar-refractivity contribution in [3.8, 4) is 11.5 Å². The van der Waals surface area contributed by atoms with Crippen molar-refractivity contribution in [1.82, 2.24) is 0 Å². The maximum absolute atomic E-state index is 11.8. The van der Waals surface area contributed by atoms with Gasteiger partial charge in [0.1, 0.15) is 0 Å². The smallest absolute Gasteiger partial charge is 0.337 e. The predicted octanol–water partition coefficient (Wildman–Crippen LogP) is 1.08. The van der Waals surface area contributed by atoms with E-state index in [1.165, 1.54) is 26.4 Å². The summed E-state index contributed by atoms with van der Waals surface area (Å²) in [7, 11) is 2.82. The highest BCUT2D eigenvalue weighted by Crippen LogP contribution is 2.33. The minimum absolute atomic E-state index is 0.0979. The van der Waals surface area contributed by atoms with Gasteiger partial charge in [0, 0.05) is 12.1 Å². The molecular formula is C13H18N2O5. The number of carboxylic acid groups (broad SMARTS) is 1. The van der Waals surface area contributed by atoms with Crippen molar-refractivity contribution in [3.05, 3.63) is 17.7 Å². The lowest BCUT2D eigenvalue weighted by molar-refractivity contribution is -0.117. The summed E-state index contributed by atoms with van der Waals surface area (Å²) in [4.78, 5) is 23.0. The number of methoxy groups -OCH3 is 2. The van der Waals surface area contributed by atoms with E-state index in [4.69, 9.17) is 15.2 Å². The highest BCUT2D eigenvalue weighted by molar-refractivity contribution is 6.02. The second-order valence-electron chi connectivity index (χ2n) is 4.06. The molecule has 7 heteroatoms. The quantitative estimate of drug-likeness (QED) is 0.720. The average Bonchev–Trinajstić information content (AvgIpc) is 2.45. The number of nitrogens with one attached hydrogen (secondary N) is 1. The van der Waals surface area contributed by atoms with Gasteiger partial charge in [-0.05, 0) is 6.42 Å². The Labute approximate surface area is 116 Å². The maximum atomic E-state index is 11.8. The second-order valence-corrected chi connectivity index (χ2v) is 4.06. The summed E-state index contributed by atoms with van der Waals surface area (Å²) < 4.78 is 10.1. The van der Waals surface area contributed by atoms with Crippen LogP contribution in [-0.4, -0.2) is 37.2 Å². The molecule has 0 aromatic heterocycles. The van der Waals surface area contributed by atoms with Gasteiger partial charge >= 0.3 is 5.97 Å². The number of benzene rings is 1. The third-order valence-corrected chi connectivity index (χ3v) is 2.79. The van der Waals surface area contributed by atoms with E-state index in [0.29, 0.717) is 12.2 Å². The molecule has 0 radical (unpaired) electrons. The van der Waals surface area contributed by atoms with Crippen LogP contribution in [0.25, 0.3) is 0 Å². The molecule has 1 aromatic rings. The number of nitrogens with two attached hydrogens (primary N) is 1. The molecule has 0 heterocycles. The summed E-state index contributed by atoms with van der Waals surface area (Å²) in [5, 5.41) is 11.7. The molecule has 1 rings (SSSR count). The molecule has 1 aromatic carbocycles. The van der Waals surface area contributed by atoms with Crippen LogP contribution >= 0.6 is 0 Å². The van der Waals surface area contributed by atoms with Crippen molar-refractivity contribution in [1.29, 1.82) is 0 Å². The summed E-state index contributed by atoms with van der Waals surface area (Å²) in [6, 6.07) is 1.97. The van der Waals surface area contributed by atoms with Crippen LogP contribution in [0.2, 0.25) is 0 Å². The lowest BCUT2D eigenvalue weighted by atomic mass is 10.1. The first-order valence-electron chi connectivity index (χ1n) is 6.00. The molecule has 20 heavy (non-hydrogen) atoms. The lowest BCUT2D eigenvalue weighted by Gasteiger charge is -2.15. The third kappa shape index (κ3) is 3.39. The second kappa shape index (κ2) is 6.76. The molecule has 0 aliphatic heterocycles. The largest absolute Gasteiger partial charge is 0.493 e. The Hall–Kier alpha value is -2.28. The fourth-order valence-corrected chi connectivity index (χ4v) is 1.57. The van der Waals surface area contributed by atoms with E-state index in [-0.39, 0.29) is 17.0 Å². The molecule has 0 spiro atoms. The van der Waals surface area contributed by atoms with Gasteiger partial charge in [-0.1, -0.05) is 6.92 Å². The first kappa shape index (κ1) is 15.8. The monoisotopic (exact) mass is 282 g/mol. The van der Waals surface area contributed by atoms with Gasteiger partial charge in [0.15, 0.2) is 11.5 Å². The Morgan fingerprint density at radius 3 is 2.30 bits per heavy atom. The molecule has 0 bridgehead atoms. The fraction of sp³-hybridized carbons (Fsp3) is 0.385. The standard InChI is InChI=1S/C13H18N2O5/c1-4-8(14)12(16)15-9-6-11(20-3)10(19-2)5-7(9)13(17)18/h5-6,8H,4,14H2,1-3H3,(H,15,16)(H,17,18)/t8-/m1/s1. The van der Waals surface area contributed by atoms with Crippen LogP contribution in [-0.2, 0) is 4.79 Å². The van der Waals surface area contributed by atoms with E-state index < -0.39 is 17.9 Å². The summed E-state index contributed by atoms with van der Waals surface area (Å²) in [5.41, 5.74) is 5.62. The van der Waals surface area contributed by atoms with Gasteiger partial charge in [-0.3, -0.25) is 4.79 Å². The molecule has 110 valence electrons. The zero-order valence-corrected chi connectivity index (χ0v) is 11.6. The average molecular weight is 282 g/mol. The SMILES string of the molecule is CC[C@@H](N)C(=O)Nc1cc(OC)c(OC)cc1C(=O)O. The number of carboxylic acids is 1. The minimum atomic E-state index is -1.19. The normalized spacial score (nSPS) is 11.6. The van der Waals surface area contributed by atoms with Crippen molar-refractivity contribution in [2.75, 3.05) is 19.5 Å². The summed E-state index contributed by atoms with van der Waals surface area (Å²) in [6.45, 7) is 1.76. The van der Waals surface area contributed by atoms with E-state index in [0.717, 1.165) is 0 Å². The predicted molar refractivity (Wildman–Crippen MR) is 73.4 cm³/mol. The van der Waals surface area contributed by atoms with Crippen molar-refractivity contribution in [2.45, 2.75) is 19.4 Å². The molecule has 0 aliphatic rings. The zero-order chi connectivity index (χ0) is 15.3. The number of hydrogen-bond acceptors (Lipinski definition) is 5. The van der Waals surface area contributed by atoms with Crippen LogP contribution in [0.3, 0.4) is 0 Å². The summed E-state index contributed by atoms with van der Waals surface area (Å²) in [6.07, 6.45) is 0.446. The van der Waals surface area contributed by atoms with Crippen LogP contribution < -0.4 is 20.5 Å². The van der Waals surface area contributed by atoms with Gasteiger partial charge in [-0.2, -0.15) is 0 Å². The van der Waals surface area contributed by atoms with E-state index in [9.17, 15) is 14.7 Å². The van der Waals surface area contributed by atoms with Gasteiger partial charge in [0.25, 0.3) is 0 Å². The lowest BCUT2D eigenvalue weighted by Crippen LogP contribution is -2.35. The number of anilines is 1. The maximum Gasteiger partial charge on any atom is 0.337 e. The topological polar surface area (TPSA) is 111 Å². The van der Waals surface area contributed by atoms with Crippen LogP contribution in [0, 0.1) is 0 Å². The summed E-state index contributed by atoms with van der Waals surface area (Å²) >= 11 is 0. The Balaban J connectivity index is 3.22. The molecule has 0 aliphatic carbocycles. The van der Waals surface area contributed by atoms with Crippen LogP contribution in [0.5, 0.6) is 11.5 Å². The molecule has 1 amide bonds. The first-order chi connectivity index (χ1) is 9.44. The van der Waals surface area contributed by atoms with E-state index in [1.807, 2.05) is 0 Å². The minimum Gasteiger partial charge on any atom is -0.493 e. The molecule has 1 atom stereocenters. The zero-order valence-electron chi connectivity index (χ0n) is 11.6. The Morgan fingerprint density at radius 1 is 1.30 bits per heavy atom. The Bertz CT molecular complexity index is 516. The van der Waals surface area contributed by atoms with Crippen molar-refractivity contribution < 1.29 is 24.2 Å². The number of hydrogen-bond donors (Lipinski definition) is 3. The van der Waals surface area contributed by atoms with Gasteiger partial charge in [-0.25, -0.2) is 4.79 Å². The number of rotatable bonds is 6. The molecule has 4 N–H and O–H groups in total. The number of ether oxygens (including phenoxy) is 2. The highest BCUT2D eigenvalue weighted by atomic mass is 16.5. The number of carbonyl (C=O) groups is 2. The highest BCUT2D eigenvalue weighted by Gasteiger charge is 2.19. The Morgan fingerprint density at radius 2 is 1.85 bits per heavy atom. The van der Waals surface area contributed by atoms with Crippen LogP contribution in [0.4, 0.5) is 5.69 Å². The van der Waals surface area contributed by atoms with E-state index in [1.54, 1.807) is 6.92 Å². The molecule has 7 nitrogen and oxygen atoms in total. The number of amides is 1. The van der Waals surface area contributed by atoms with Crippen LogP contribution in [0.15, 0.2) is 12.1 Å². The fourth-order valence-electron chi connectivity index (χ4n) is 1.57. The van der Waals surface area contributed by atoms with Gasteiger partial charge < -0.3 is 25.6 Å². The molecule has 0 saturated carbocycles. The van der Waals surface area contributed by atoms with E-state index in [2.05, 4.69) is 5.32 Å². The molecule has 0 fully saturated rings. The van der Waals surface area contributed by atoms with Crippen molar-refractivity contribution >= 4 is 17.6 Å². The molecule has 0 unspecified atom stereocenters. The van der Waals surface area contributed by atoms with E-state index >= 15 is 0 Å². The molecular weight excluding hydrogens is 264 g/mol. The summed E-state index contributed by atoms with van der Waals surface area (Å²) in [5.74, 6) is -1.06. The number of aromatic carboxylic acids is 1. The molecule has 0 saturated heterocycles. The van der Waals surface area contributed by atoms with Gasteiger partial charge in [-0.15, -0.1) is 0 Å². The van der Waals surface area contributed by atoms with Crippen molar-refractivity contribution in [3.63, 3.8) is 0 Å². The Kier molecular flexibility index (Phi) is 5.33. The third-order valence-electron chi connectivity index (χ3n) is 2.79. The van der Waals surface area contributed by atoms with Crippen LogP contribution in [0.1, 0.15) is 23.7 Å². The van der Waals surface area contributed by atoms with Gasteiger partial charge in [0.05, 0.1) is 31.5 Å².